The van der Waals surface area contributed by atoms with Crippen LogP contribution in [0.15, 0.2) is 6.07 Å². The maximum Gasteiger partial charge on any atom is 0.203 e. The van der Waals surface area contributed by atoms with Gasteiger partial charge in [0, 0.05) is 18.4 Å². The van der Waals surface area contributed by atoms with Gasteiger partial charge in [-0.2, -0.15) is 0 Å². The Morgan fingerprint density at radius 2 is 1.71 bits per heavy atom. The van der Waals surface area contributed by atoms with E-state index in [2.05, 4.69) is 0 Å². The van der Waals surface area contributed by atoms with Gasteiger partial charge in [0.15, 0.2) is 11.5 Å². The first-order chi connectivity index (χ1) is 8.21. The van der Waals surface area contributed by atoms with Crippen molar-refractivity contribution in [1.29, 1.82) is 0 Å². The molecule has 1 aliphatic carbocycles. The van der Waals surface area contributed by atoms with E-state index in [-0.39, 0.29) is 5.78 Å². The summed E-state index contributed by atoms with van der Waals surface area (Å²) in [5.41, 5.74) is 2.04. The van der Waals surface area contributed by atoms with E-state index in [0.29, 0.717) is 30.1 Å². The first-order valence-corrected chi connectivity index (χ1v) is 5.53. The number of methoxy groups -OCH3 is 3. The zero-order valence-electron chi connectivity index (χ0n) is 10.3. The Hall–Kier alpha value is -1.71. The largest absolute Gasteiger partial charge is 0.493 e. The lowest BCUT2D eigenvalue weighted by atomic mass is 9.89. The second-order valence-electron chi connectivity index (χ2n) is 4.00. The molecule has 4 heteroatoms. The number of ketones is 1. The molecule has 17 heavy (non-hydrogen) atoms. The highest BCUT2D eigenvalue weighted by atomic mass is 16.5. The Morgan fingerprint density at radius 1 is 1.00 bits per heavy atom. The summed E-state index contributed by atoms with van der Waals surface area (Å²) in [4.78, 5) is 11.5. The van der Waals surface area contributed by atoms with Crippen molar-refractivity contribution in [3.63, 3.8) is 0 Å². The fraction of sp³-hybridized carbons (Fsp3) is 0.462. The molecular formula is C13H16O4. The third-order valence-electron chi connectivity index (χ3n) is 3.07. The minimum Gasteiger partial charge on any atom is -0.493 e. The molecule has 0 N–H and O–H groups in total. The van der Waals surface area contributed by atoms with Gasteiger partial charge in [0.2, 0.25) is 5.75 Å². The number of aryl methyl sites for hydroxylation is 1. The summed E-state index contributed by atoms with van der Waals surface area (Å²) in [5, 5.41) is 0. The van der Waals surface area contributed by atoms with Crippen molar-refractivity contribution in [1.82, 2.24) is 0 Å². The van der Waals surface area contributed by atoms with Gasteiger partial charge < -0.3 is 14.2 Å². The molecule has 0 saturated heterocycles. The first-order valence-electron chi connectivity index (χ1n) is 5.53. The fourth-order valence-corrected chi connectivity index (χ4v) is 2.24. The predicted octanol–water partition coefficient (Wildman–Crippen LogP) is 1.77. The molecule has 0 aliphatic heterocycles. The van der Waals surface area contributed by atoms with Gasteiger partial charge in [0.05, 0.1) is 21.3 Å². The van der Waals surface area contributed by atoms with Crippen LogP contribution in [0.1, 0.15) is 17.5 Å². The van der Waals surface area contributed by atoms with Crippen LogP contribution < -0.4 is 14.2 Å². The lowest BCUT2D eigenvalue weighted by molar-refractivity contribution is -0.118. The number of hydrogen-bond acceptors (Lipinski definition) is 4. The highest BCUT2D eigenvalue weighted by Gasteiger charge is 2.25. The van der Waals surface area contributed by atoms with Crippen LogP contribution in [0.3, 0.4) is 0 Å². The van der Waals surface area contributed by atoms with Crippen LogP contribution in [0.5, 0.6) is 17.2 Å². The molecule has 0 fully saturated rings. The standard InChI is InChI=1S/C13H16O4/c1-15-11-6-8-4-5-9(14)7-10(8)12(16-2)13(11)17-3/h6H,4-5,7H2,1-3H3. The fourth-order valence-electron chi connectivity index (χ4n) is 2.24. The highest BCUT2D eigenvalue weighted by molar-refractivity contribution is 5.85. The van der Waals surface area contributed by atoms with Crippen LogP contribution in [0.25, 0.3) is 0 Å². The summed E-state index contributed by atoms with van der Waals surface area (Å²) in [6.45, 7) is 0. The van der Waals surface area contributed by atoms with Gasteiger partial charge in [-0.05, 0) is 18.1 Å². The van der Waals surface area contributed by atoms with Crippen LogP contribution in [-0.4, -0.2) is 27.1 Å². The van der Waals surface area contributed by atoms with Crippen molar-refractivity contribution in [2.45, 2.75) is 19.3 Å². The van der Waals surface area contributed by atoms with Crippen molar-refractivity contribution in [2.24, 2.45) is 0 Å². The Bertz CT molecular complexity index is 451. The molecule has 0 bridgehead atoms. The van der Waals surface area contributed by atoms with Crippen LogP contribution in [0, 0.1) is 0 Å². The minimum atomic E-state index is 0.239. The number of fused-ring (bicyclic) bond motifs is 1. The van der Waals surface area contributed by atoms with E-state index in [0.717, 1.165) is 17.5 Å². The van der Waals surface area contributed by atoms with E-state index < -0.39 is 0 Å². The Balaban J connectivity index is 2.62. The number of ether oxygens (including phenoxy) is 3. The number of benzene rings is 1. The van der Waals surface area contributed by atoms with E-state index in [9.17, 15) is 4.79 Å². The van der Waals surface area contributed by atoms with Gasteiger partial charge in [-0.1, -0.05) is 0 Å². The molecule has 1 aliphatic rings. The zero-order chi connectivity index (χ0) is 12.4. The molecule has 0 aromatic heterocycles. The number of carbonyl (C=O) groups is 1. The molecule has 0 unspecified atom stereocenters. The maximum atomic E-state index is 11.5. The molecule has 92 valence electrons. The molecule has 0 saturated carbocycles. The SMILES string of the molecule is COc1cc2c(c(OC)c1OC)CC(=O)CC2. The van der Waals surface area contributed by atoms with E-state index in [1.54, 1.807) is 21.3 Å². The van der Waals surface area contributed by atoms with E-state index in [1.807, 2.05) is 6.07 Å². The molecule has 2 rings (SSSR count). The monoisotopic (exact) mass is 236 g/mol. The Kier molecular flexibility index (Phi) is 3.22. The first kappa shape index (κ1) is 11.8. The van der Waals surface area contributed by atoms with Crippen molar-refractivity contribution >= 4 is 5.78 Å². The summed E-state index contributed by atoms with van der Waals surface area (Å²) in [6.07, 6.45) is 1.75. The summed E-state index contributed by atoms with van der Waals surface area (Å²) >= 11 is 0. The molecule has 0 radical (unpaired) electrons. The van der Waals surface area contributed by atoms with Gasteiger partial charge in [0.25, 0.3) is 0 Å². The number of carbonyl (C=O) groups excluding carboxylic acids is 1. The van der Waals surface area contributed by atoms with Crippen molar-refractivity contribution in [3.05, 3.63) is 17.2 Å². The van der Waals surface area contributed by atoms with Crippen LogP contribution in [-0.2, 0) is 17.6 Å². The molecule has 0 atom stereocenters. The molecule has 0 amide bonds. The summed E-state index contributed by atoms with van der Waals surface area (Å²) in [5.74, 6) is 2.07. The van der Waals surface area contributed by atoms with E-state index in [4.69, 9.17) is 14.2 Å². The van der Waals surface area contributed by atoms with Gasteiger partial charge in [0.1, 0.15) is 5.78 Å². The Labute approximate surface area is 100 Å². The Morgan fingerprint density at radius 3 is 2.29 bits per heavy atom. The van der Waals surface area contributed by atoms with Crippen LogP contribution in [0.4, 0.5) is 0 Å². The van der Waals surface area contributed by atoms with Gasteiger partial charge in [-0.3, -0.25) is 4.79 Å². The average molecular weight is 236 g/mol. The summed E-state index contributed by atoms with van der Waals surface area (Å²) in [6, 6.07) is 1.93. The van der Waals surface area contributed by atoms with E-state index in [1.165, 1.54) is 0 Å². The third-order valence-corrected chi connectivity index (χ3v) is 3.07. The maximum absolute atomic E-state index is 11.5. The normalized spacial score (nSPS) is 14.2. The number of rotatable bonds is 3. The molecule has 1 aromatic carbocycles. The third kappa shape index (κ3) is 1.95. The molecule has 4 nitrogen and oxygen atoms in total. The van der Waals surface area contributed by atoms with E-state index >= 15 is 0 Å². The predicted molar refractivity (Wildman–Crippen MR) is 63.1 cm³/mol. The highest BCUT2D eigenvalue weighted by Crippen LogP contribution is 2.43. The lowest BCUT2D eigenvalue weighted by Gasteiger charge is -2.22. The summed E-state index contributed by atoms with van der Waals surface area (Å²) in [7, 11) is 4.74. The summed E-state index contributed by atoms with van der Waals surface area (Å²) < 4.78 is 15.9. The minimum absolute atomic E-state index is 0.239. The topological polar surface area (TPSA) is 44.8 Å². The molecule has 0 heterocycles. The quantitative estimate of drug-likeness (QED) is 0.802. The van der Waals surface area contributed by atoms with Crippen LogP contribution in [0.2, 0.25) is 0 Å². The number of Topliss-reactive ketones (excluding diaryl/α,β-unsaturated/α-hetero) is 1. The van der Waals surface area contributed by atoms with Crippen molar-refractivity contribution < 1.29 is 19.0 Å². The lowest BCUT2D eigenvalue weighted by Crippen LogP contribution is -2.15. The molecular weight excluding hydrogens is 220 g/mol. The van der Waals surface area contributed by atoms with Crippen molar-refractivity contribution in [2.75, 3.05) is 21.3 Å². The van der Waals surface area contributed by atoms with Crippen LogP contribution >= 0.6 is 0 Å². The smallest absolute Gasteiger partial charge is 0.203 e. The van der Waals surface area contributed by atoms with Gasteiger partial charge in [-0.25, -0.2) is 0 Å². The van der Waals surface area contributed by atoms with Gasteiger partial charge >= 0.3 is 0 Å². The molecule has 1 aromatic rings. The number of hydrogen-bond donors (Lipinski definition) is 0. The molecule has 0 spiro atoms. The second-order valence-corrected chi connectivity index (χ2v) is 4.00. The second kappa shape index (κ2) is 4.65. The average Bonchev–Trinajstić information content (AvgIpc) is 2.36. The van der Waals surface area contributed by atoms with Crippen molar-refractivity contribution in [3.8, 4) is 17.2 Å². The van der Waals surface area contributed by atoms with Gasteiger partial charge in [-0.15, -0.1) is 0 Å². The zero-order valence-corrected chi connectivity index (χ0v) is 10.3.